The predicted molar refractivity (Wildman–Crippen MR) is 68.2 cm³/mol. The molecule has 1 N–H and O–H groups in total. The summed E-state index contributed by atoms with van der Waals surface area (Å²) in [7, 11) is 0. The molecule has 0 fully saturated rings. The number of rotatable bonds is 6. The van der Waals surface area contributed by atoms with Crippen LogP contribution in [0, 0.1) is 6.92 Å². The van der Waals surface area contributed by atoms with Gasteiger partial charge in [0, 0.05) is 12.5 Å². The lowest BCUT2D eigenvalue weighted by Gasteiger charge is -2.05. The van der Waals surface area contributed by atoms with Crippen LogP contribution in [0.3, 0.4) is 0 Å². The molecule has 5 nitrogen and oxygen atoms in total. The minimum absolute atomic E-state index is 0.454. The third-order valence-corrected chi connectivity index (χ3v) is 2.54. The van der Waals surface area contributed by atoms with E-state index in [0.717, 1.165) is 25.1 Å². The van der Waals surface area contributed by atoms with Gasteiger partial charge in [-0.3, -0.25) is 0 Å². The second kappa shape index (κ2) is 5.82. The first-order valence-electron chi connectivity index (χ1n) is 6.27. The molecule has 2 rings (SSSR count). The Bertz CT molecular complexity index is 488. The Morgan fingerprint density at radius 1 is 1.22 bits per heavy atom. The normalized spacial score (nSPS) is 11.3. The lowest BCUT2D eigenvalue weighted by molar-refractivity contribution is 0.462. The smallest absolute Gasteiger partial charge is 0.283 e. The molecular formula is C13H19N3O2. The van der Waals surface area contributed by atoms with E-state index in [4.69, 9.17) is 8.83 Å². The molecule has 0 saturated heterocycles. The van der Waals surface area contributed by atoms with Gasteiger partial charge in [-0.2, -0.15) is 0 Å². The Kier molecular flexibility index (Phi) is 4.15. The Balaban J connectivity index is 1.86. The Labute approximate surface area is 107 Å². The molecule has 0 amide bonds. The maximum atomic E-state index is 5.55. The molecule has 0 atom stereocenters. The van der Waals surface area contributed by atoms with Crippen LogP contribution in [0.1, 0.15) is 31.9 Å². The average molecular weight is 249 g/mol. The number of aryl methyl sites for hydroxylation is 2. The van der Waals surface area contributed by atoms with Crippen molar-refractivity contribution in [3.8, 4) is 11.7 Å². The zero-order valence-electron chi connectivity index (χ0n) is 11.1. The first-order valence-corrected chi connectivity index (χ1v) is 6.27. The van der Waals surface area contributed by atoms with Crippen LogP contribution in [0.25, 0.3) is 11.7 Å². The van der Waals surface area contributed by atoms with Gasteiger partial charge in [0.15, 0.2) is 5.76 Å². The first-order chi connectivity index (χ1) is 8.65. The fraction of sp³-hybridized carbons (Fsp3) is 0.538. The van der Waals surface area contributed by atoms with Crippen LogP contribution in [0.15, 0.2) is 21.0 Å². The number of aromatic nitrogens is 2. The number of hydrogen-bond donors (Lipinski definition) is 1. The predicted octanol–water partition coefficient (Wildman–Crippen LogP) is 2.57. The summed E-state index contributed by atoms with van der Waals surface area (Å²) >= 11 is 0. The Morgan fingerprint density at radius 2 is 2.06 bits per heavy atom. The zero-order valence-corrected chi connectivity index (χ0v) is 11.1. The first kappa shape index (κ1) is 12.8. The standard InChI is InChI=1S/C13H19N3O2/c1-9(2)14-8-4-5-12-15-16-13(18-12)11-7-6-10(3)17-11/h6-7,9,14H,4-5,8H2,1-3H3. The SMILES string of the molecule is Cc1ccc(-c2nnc(CCCNC(C)C)o2)o1. The van der Waals surface area contributed by atoms with Crippen molar-refractivity contribution in [3.05, 3.63) is 23.8 Å². The van der Waals surface area contributed by atoms with Crippen LogP contribution in [-0.4, -0.2) is 22.8 Å². The maximum Gasteiger partial charge on any atom is 0.283 e. The third kappa shape index (κ3) is 3.43. The number of nitrogens with zero attached hydrogens (tertiary/aromatic N) is 2. The molecule has 0 radical (unpaired) electrons. The van der Waals surface area contributed by atoms with E-state index in [9.17, 15) is 0 Å². The summed E-state index contributed by atoms with van der Waals surface area (Å²) in [5, 5.41) is 11.3. The van der Waals surface area contributed by atoms with Crippen LogP contribution in [-0.2, 0) is 6.42 Å². The van der Waals surface area contributed by atoms with E-state index in [1.807, 2.05) is 19.1 Å². The molecule has 0 bridgehead atoms. The minimum atomic E-state index is 0.454. The fourth-order valence-electron chi connectivity index (χ4n) is 1.63. The molecule has 0 spiro atoms. The highest BCUT2D eigenvalue weighted by atomic mass is 16.4. The maximum absolute atomic E-state index is 5.55. The summed E-state index contributed by atoms with van der Waals surface area (Å²) < 4.78 is 11.0. The topological polar surface area (TPSA) is 64.1 Å². The molecule has 0 saturated carbocycles. The van der Waals surface area contributed by atoms with E-state index < -0.39 is 0 Å². The van der Waals surface area contributed by atoms with E-state index >= 15 is 0 Å². The van der Waals surface area contributed by atoms with Crippen molar-refractivity contribution < 1.29 is 8.83 Å². The van der Waals surface area contributed by atoms with Gasteiger partial charge in [-0.05, 0) is 32.0 Å². The van der Waals surface area contributed by atoms with Crippen molar-refractivity contribution in [2.24, 2.45) is 0 Å². The molecule has 18 heavy (non-hydrogen) atoms. The summed E-state index contributed by atoms with van der Waals surface area (Å²) in [6, 6.07) is 4.23. The molecule has 0 aliphatic carbocycles. The summed E-state index contributed by atoms with van der Waals surface area (Å²) in [4.78, 5) is 0. The molecule has 5 heteroatoms. The van der Waals surface area contributed by atoms with Gasteiger partial charge < -0.3 is 14.2 Å². The van der Waals surface area contributed by atoms with Gasteiger partial charge in [-0.25, -0.2) is 0 Å². The van der Waals surface area contributed by atoms with Crippen molar-refractivity contribution in [2.45, 2.75) is 39.7 Å². The molecule has 2 heterocycles. The largest absolute Gasteiger partial charge is 0.456 e. The lowest BCUT2D eigenvalue weighted by Crippen LogP contribution is -2.23. The van der Waals surface area contributed by atoms with E-state index in [-0.39, 0.29) is 0 Å². The van der Waals surface area contributed by atoms with E-state index in [1.54, 1.807) is 0 Å². The van der Waals surface area contributed by atoms with Gasteiger partial charge in [0.25, 0.3) is 5.89 Å². The molecule has 2 aromatic heterocycles. The summed E-state index contributed by atoms with van der Waals surface area (Å²) in [6.45, 7) is 7.10. The Morgan fingerprint density at radius 3 is 2.72 bits per heavy atom. The van der Waals surface area contributed by atoms with Crippen LogP contribution in [0.5, 0.6) is 0 Å². The van der Waals surface area contributed by atoms with Crippen molar-refractivity contribution in [1.82, 2.24) is 15.5 Å². The molecule has 0 unspecified atom stereocenters. The van der Waals surface area contributed by atoms with Crippen molar-refractivity contribution in [2.75, 3.05) is 6.54 Å². The number of hydrogen-bond acceptors (Lipinski definition) is 5. The summed E-state index contributed by atoms with van der Waals surface area (Å²) in [5.41, 5.74) is 0. The molecule has 0 aromatic carbocycles. The van der Waals surface area contributed by atoms with Crippen LogP contribution >= 0.6 is 0 Å². The molecular weight excluding hydrogens is 230 g/mol. The minimum Gasteiger partial charge on any atom is -0.456 e. The van der Waals surface area contributed by atoms with Crippen LogP contribution < -0.4 is 5.32 Å². The number of furan rings is 1. The highest BCUT2D eigenvalue weighted by Crippen LogP contribution is 2.20. The van der Waals surface area contributed by atoms with Crippen molar-refractivity contribution >= 4 is 0 Å². The van der Waals surface area contributed by atoms with Gasteiger partial charge in [-0.15, -0.1) is 10.2 Å². The van der Waals surface area contributed by atoms with Crippen molar-refractivity contribution in [1.29, 1.82) is 0 Å². The summed E-state index contributed by atoms with van der Waals surface area (Å²) in [6.07, 6.45) is 1.77. The van der Waals surface area contributed by atoms with Crippen LogP contribution in [0.4, 0.5) is 0 Å². The molecule has 2 aromatic rings. The van der Waals surface area contributed by atoms with Gasteiger partial charge in [-0.1, -0.05) is 13.8 Å². The van der Waals surface area contributed by atoms with E-state index in [2.05, 4.69) is 29.4 Å². The summed E-state index contributed by atoms with van der Waals surface area (Å²) in [5.74, 6) is 2.58. The highest BCUT2D eigenvalue weighted by molar-refractivity contribution is 5.43. The fourth-order valence-corrected chi connectivity index (χ4v) is 1.63. The molecule has 0 aliphatic rings. The van der Waals surface area contributed by atoms with Gasteiger partial charge in [0.2, 0.25) is 5.89 Å². The average Bonchev–Trinajstić information content (AvgIpc) is 2.93. The van der Waals surface area contributed by atoms with Gasteiger partial charge in [0.1, 0.15) is 5.76 Å². The lowest BCUT2D eigenvalue weighted by atomic mass is 10.3. The number of nitrogens with one attached hydrogen (secondary N) is 1. The van der Waals surface area contributed by atoms with E-state index in [1.165, 1.54) is 0 Å². The second-order valence-corrected chi connectivity index (χ2v) is 4.62. The Hall–Kier alpha value is -1.62. The van der Waals surface area contributed by atoms with Crippen LogP contribution in [0.2, 0.25) is 0 Å². The molecule has 98 valence electrons. The highest BCUT2D eigenvalue weighted by Gasteiger charge is 2.11. The molecule has 0 aliphatic heterocycles. The van der Waals surface area contributed by atoms with Gasteiger partial charge in [0.05, 0.1) is 0 Å². The zero-order chi connectivity index (χ0) is 13.0. The monoisotopic (exact) mass is 249 g/mol. The van der Waals surface area contributed by atoms with Gasteiger partial charge >= 0.3 is 0 Å². The third-order valence-electron chi connectivity index (χ3n) is 2.54. The van der Waals surface area contributed by atoms with Crippen molar-refractivity contribution in [3.63, 3.8) is 0 Å². The van der Waals surface area contributed by atoms with E-state index in [0.29, 0.717) is 23.6 Å². The quantitative estimate of drug-likeness (QED) is 0.797. The second-order valence-electron chi connectivity index (χ2n) is 4.62.